The highest BCUT2D eigenvalue weighted by Gasteiger charge is 2.22. The van der Waals surface area contributed by atoms with Crippen LogP contribution in [-0.4, -0.2) is 40.9 Å². The number of aryl methyl sites for hydroxylation is 2. The van der Waals surface area contributed by atoms with Crippen LogP contribution in [0.15, 0.2) is 18.9 Å². The third-order valence-electron chi connectivity index (χ3n) is 3.28. The minimum atomic E-state index is -0.374. The summed E-state index contributed by atoms with van der Waals surface area (Å²) < 4.78 is 6.85. The number of pyridine rings is 1. The van der Waals surface area contributed by atoms with Gasteiger partial charge in [0.2, 0.25) is 0 Å². The smallest absolute Gasteiger partial charge is 0.341 e. The molecule has 6 heteroatoms. The highest BCUT2D eigenvalue weighted by molar-refractivity contribution is 6.05. The molecule has 0 spiro atoms. The van der Waals surface area contributed by atoms with Crippen molar-refractivity contribution < 1.29 is 9.53 Å². The van der Waals surface area contributed by atoms with Crippen molar-refractivity contribution in [3.05, 3.63) is 30.1 Å². The van der Waals surface area contributed by atoms with E-state index < -0.39 is 0 Å². The van der Waals surface area contributed by atoms with Crippen LogP contribution in [0.1, 0.15) is 23.0 Å². The van der Waals surface area contributed by atoms with Gasteiger partial charge in [0.1, 0.15) is 5.56 Å². The van der Waals surface area contributed by atoms with Crippen molar-refractivity contribution in [2.45, 2.75) is 13.8 Å². The van der Waals surface area contributed by atoms with Gasteiger partial charge in [0, 0.05) is 26.8 Å². The Labute approximate surface area is 124 Å². The Morgan fingerprint density at radius 1 is 1.57 bits per heavy atom. The minimum absolute atomic E-state index is 0.327. The quantitative estimate of drug-likeness (QED) is 0.622. The maximum Gasteiger partial charge on any atom is 0.341 e. The lowest BCUT2D eigenvalue weighted by molar-refractivity contribution is 0.0527. The number of nitrogens with zero attached hydrogens (tertiary/aromatic N) is 4. The van der Waals surface area contributed by atoms with Gasteiger partial charge >= 0.3 is 5.97 Å². The van der Waals surface area contributed by atoms with Crippen molar-refractivity contribution in [1.29, 1.82) is 0 Å². The number of carbonyl (C=O) groups is 1. The molecule has 0 aliphatic heterocycles. The van der Waals surface area contributed by atoms with E-state index in [0.717, 1.165) is 22.4 Å². The van der Waals surface area contributed by atoms with Gasteiger partial charge in [-0.1, -0.05) is 6.08 Å². The Hall–Kier alpha value is -2.37. The van der Waals surface area contributed by atoms with Crippen LogP contribution in [-0.2, 0) is 11.8 Å². The molecule has 2 heterocycles. The SMILES string of the molecule is C=CCN(C)c1c(C(=O)OCC)cnc2c1c(C)nn2C. The largest absolute Gasteiger partial charge is 0.462 e. The summed E-state index contributed by atoms with van der Waals surface area (Å²) in [6, 6.07) is 0. The topological polar surface area (TPSA) is 60.3 Å². The predicted octanol–water partition coefficient (Wildman–Crippen LogP) is 2.08. The van der Waals surface area contributed by atoms with E-state index in [1.165, 1.54) is 0 Å². The van der Waals surface area contributed by atoms with Gasteiger partial charge in [-0.15, -0.1) is 6.58 Å². The lowest BCUT2D eigenvalue weighted by Gasteiger charge is -2.21. The lowest BCUT2D eigenvalue weighted by atomic mass is 10.1. The molecule has 0 aromatic carbocycles. The molecule has 0 saturated heterocycles. The number of anilines is 1. The van der Waals surface area contributed by atoms with Gasteiger partial charge in [-0.2, -0.15) is 5.10 Å². The third kappa shape index (κ3) is 2.61. The molecular formula is C15H20N4O2. The van der Waals surface area contributed by atoms with Crippen LogP contribution in [0.3, 0.4) is 0 Å². The van der Waals surface area contributed by atoms with Crippen LogP contribution < -0.4 is 4.90 Å². The van der Waals surface area contributed by atoms with E-state index in [0.29, 0.717) is 18.7 Å². The molecule has 2 rings (SSSR count). The lowest BCUT2D eigenvalue weighted by Crippen LogP contribution is -2.21. The molecule has 0 aliphatic carbocycles. The zero-order valence-corrected chi connectivity index (χ0v) is 12.9. The minimum Gasteiger partial charge on any atom is -0.462 e. The van der Waals surface area contributed by atoms with E-state index in [1.54, 1.807) is 23.9 Å². The number of esters is 1. The van der Waals surface area contributed by atoms with Crippen LogP contribution in [0.5, 0.6) is 0 Å². The van der Waals surface area contributed by atoms with Crippen LogP contribution in [0.2, 0.25) is 0 Å². The fourth-order valence-corrected chi connectivity index (χ4v) is 2.43. The second kappa shape index (κ2) is 5.95. The zero-order valence-electron chi connectivity index (χ0n) is 12.9. The van der Waals surface area contributed by atoms with Gasteiger partial charge in [-0.25, -0.2) is 9.78 Å². The summed E-state index contributed by atoms with van der Waals surface area (Å²) in [6.45, 7) is 8.38. The molecule has 0 radical (unpaired) electrons. The summed E-state index contributed by atoms with van der Waals surface area (Å²) in [7, 11) is 3.75. The Morgan fingerprint density at radius 3 is 2.90 bits per heavy atom. The summed E-state index contributed by atoms with van der Waals surface area (Å²) in [5, 5.41) is 5.26. The molecule has 0 unspecified atom stereocenters. The van der Waals surface area contributed by atoms with Gasteiger partial charge < -0.3 is 9.64 Å². The van der Waals surface area contributed by atoms with Crippen molar-refractivity contribution in [3.63, 3.8) is 0 Å². The summed E-state index contributed by atoms with van der Waals surface area (Å²) in [6.07, 6.45) is 3.34. The van der Waals surface area contributed by atoms with Gasteiger partial charge in [0.15, 0.2) is 5.65 Å². The van der Waals surface area contributed by atoms with Gasteiger partial charge in [-0.05, 0) is 13.8 Å². The van der Waals surface area contributed by atoms with E-state index in [9.17, 15) is 4.79 Å². The first kappa shape index (κ1) is 15.0. The maximum absolute atomic E-state index is 12.2. The normalized spacial score (nSPS) is 10.7. The first-order chi connectivity index (χ1) is 10.0. The number of hydrogen-bond donors (Lipinski definition) is 0. The molecule has 0 N–H and O–H groups in total. The molecule has 0 amide bonds. The molecule has 0 atom stereocenters. The number of ether oxygens (including phenoxy) is 1. The second-order valence-corrected chi connectivity index (χ2v) is 4.82. The maximum atomic E-state index is 12.2. The van der Waals surface area contributed by atoms with Crippen molar-refractivity contribution >= 4 is 22.7 Å². The highest BCUT2D eigenvalue weighted by atomic mass is 16.5. The fraction of sp³-hybridized carbons (Fsp3) is 0.400. The number of hydrogen-bond acceptors (Lipinski definition) is 5. The Kier molecular flexibility index (Phi) is 4.26. The molecule has 21 heavy (non-hydrogen) atoms. The Balaban J connectivity index is 2.73. The van der Waals surface area contributed by atoms with E-state index in [2.05, 4.69) is 16.7 Å². The Bertz CT molecular complexity index is 691. The summed E-state index contributed by atoms with van der Waals surface area (Å²) in [4.78, 5) is 18.5. The summed E-state index contributed by atoms with van der Waals surface area (Å²) >= 11 is 0. The van der Waals surface area contributed by atoms with E-state index in [4.69, 9.17) is 4.74 Å². The summed E-state index contributed by atoms with van der Waals surface area (Å²) in [5.41, 5.74) is 2.80. The molecule has 112 valence electrons. The standard InChI is InChI=1S/C15H20N4O2/c1-6-8-18(4)13-11(15(20)21-7-2)9-16-14-12(13)10(3)17-19(14)5/h6,9H,1,7-8H2,2-5H3. The van der Waals surface area contributed by atoms with Crippen LogP contribution in [0.4, 0.5) is 5.69 Å². The molecule has 0 bridgehead atoms. The number of likely N-dealkylation sites (N-methyl/N-ethyl adjacent to an activating group) is 1. The van der Waals surface area contributed by atoms with E-state index in [1.807, 2.05) is 25.9 Å². The number of fused-ring (bicyclic) bond motifs is 1. The van der Waals surface area contributed by atoms with Crippen molar-refractivity contribution in [2.24, 2.45) is 7.05 Å². The molecule has 0 aliphatic rings. The van der Waals surface area contributed by atoms with Gasteiger partial charge in [0.05, 0.1) is 23.4 Å². The van der Waals surface area contributed by atoms with Crippen LogP contribution in [0, 0.1) is 6.92 Å². The molecule has 6 nitrogen and oxygen atoms in total. The molecule has 2 aromatic rings. The van der Waals surface area contributed by atoms with E-state index >= 15 is 0 Å². The summed E-state index contributed by atoms with van der Waals surface area (Å²) in [5.74, 6) is -0.374. The number of carbonyl (C=O) groups excluding carboxylic acids is 1. The second-order valence-electron chi connectivity index (χ2n) is 4.82. The number of aromatic nitrogens is 3. The third-order valence-corrected chi connectivity index (χ3v) is 3.28. The van der Waals surface area contributed by atoms with Crippen LogP contribution >= 0.6 is 0 Å². The van der Waals surface area contributed by atoms with Crippen molar-refractivity contribution in [3.8, 4) is 0 Å². The van der Waals surface area contributed by atoms with Crippen LogP contribution in [0.25, 0.3) is 11.0 Å². The highest BCUT2D eigenvalue weighted by Crippen LogP contribution is 2.31. The fourth-order valence-electron chi connectivity index (χ4n) is 2.43. The zero-order chi connectivity index (χ0) is 15.6. The van der Waals surface area contributed by atoms with Gasteiger partial charge in [-0.3, -0.25) is 4.68 Å². The Morgan fingerprint density at radius 2 is 2.29 bits per heavy atom. The molecular weight excluding hydrogens is 268 g/mol. The van der Waals surface area contributed by atoms with E-state index in [-0.39, 0.29) is 5.97 Å². The van der Waals surface area contributed by atoms with Crippen molar-refractivity contribution in [1.82, 2.24) is 14.8 Å². The van der Waals surface area contributed by atoms with Crippen molar-refractivity contribution in [2.75, 3.05) is 25.1 Å². The predicted molar refractivity (Wildman–Crippen MR) is 82.7 cm³/mol. The number of rotatable bonds is 5. The first-order valence-electron chi connectivity index (χ1n) is 6.82. The first-order valence-corrected chi connectivity index (χ1v) is 6.82. The monoisotopic (exact) mass is 288 g/mol. The molecule has 0 fully saturated rings. The molecule has 2 aromatic heterocycles. The van der Waals surface area contributed by atoms with Gasteiger partial charge in [0.25, 0.3) is 0 Å². The molecule has 0 saturated carbocycles. The average molecular weight is 288 g/mol. The average Bonchev–Trinajstić information content (AvgIpc) is 2.73.